The Kier molecular flexibility index (Phi) is 4.43. The van der Waals surface area contributed by atoms with E-state index in [4.69, 9.17) is 4.74 Å². The molecule has 1 saturated carbocycles. The van der Waals surface area contributed by atoms with Gasteiger partial charge in [-0.2, -0.15) is 0 Å². The van der Waals surface area contributed by atoms with Crippen LogP contribution in [0.15, 0.2) is 0 Å². The zero-order chi connectivity index (χ0) is 10.4. The van der Waals surface area contributed by atoms with E-state index in [1.165, 1.54) is 19.3 Å². The summed E-state index contributed by atoms with van der Waals surface area (Å²) in [6.07, 6.45) is 7.59. The highest BCUT2D eigenvalue weighted by Gasteiger charge is 2.38. The first-order valence-electron chi connectivity index (χ1n) is 5.92. The summed E-state index contributed by atoms with van der Waals surface area (Å²) in [7, 11) is 0. The van der Waals surface area contributed by atoms with Crippen molar-refractivity contribution in [3.05, 3.63) is 0 Å². The molecule has 0 aromatic rings. The number of esters is 1. The summed E-state index contributed by atoms with van der Waals surface area (Å²) in [5.41, 5.74) is -0.132. The van der Waals surface area contributed by atoms with Crippen LogP contribution >= 0.6 is 0 Å². The SMILES string of the molecule is CCCOC(=O)C1(CC)CCCCC1. The van der Waals surface area contributed by atoms with Gasteiger partial charge in [0.1, 0.15) is 0 Å². The Morgan fingerprint density at radius 3 is 2.36 bits per heavy atom. The first-order valence-corrected chi connectivity index (χ1v) is 5.92. The van der Waals surface area contributed by atoms with E-state index in [0.29, 0.717) is 6.61 Å². The molecule has 0 heterocycles. The van der Waals surface area contributed by atoms with Crippen molar-refractivity contribution in [3.63, 3.8) is 0 Å². The summed E-state index contributed by atoms with van der Waals surface area (Å²) >= 11 is 0. The molecule has 1 fully saturated rings. The third-order valence-corrected chi connectivity index (χ3v) is 3.36. The molecule has 0 spiro atoms. The zero-order valence-corrected chi connectivity index (χ0v) is 9.47. The van der Waals surface area contributed by atoms with Crippen LogP contribution in [0.4, 0.5) is 0 Å². The van der Waals surface area contributed by atoms with Crippen molar-refractivity contribution in [2.24, 2.45) is 5.41 Å². The van der Waals surface area contributed by atoms with Gasteiger partial charge in [-0.25, -0.2) is 0 Å². The molecule has 0 saturated heterocycles. The van der Waals surface area contributed by atoms with E-state index in [9.17, 15) is 4.79 Å². The fourth-order valence-corrected chi connectivity index (χ4v) is 2.28. The molecule has 0 amide bonds. The van der Waals surface area contributed by atoms with Gasteiger partial charge in [0.2, 0.25) is 0 Å². The molecule has 1 aliphatic rings. The molecule has 1 aliphatic carbocycles. The van der Waals surface area contributed by atoms with Gasteiger partial charge < -0.3 is 4.74 Å². The lowest BCUT2D eigenvalue weighted by Gasteiger charge is -2.33. The van der Waals surface area contributed by atoms with Gasteiger partial charge in [-0.05, 0) is 25.7 Å². The molecule has 1 rings (SSSR count). The van der Waals surface area contributed by atoms with Crippen LogP contribution in [0.3, 0.4) is 0 Å². The second kappa shape index (κ2) is 5.38. The first kappa shape index (κ1) is 11.5. The maximum Gasteiger partial charge on any atom is 0.312 e. The van der Waals surface area contributed by atoms with Crippen LogP contribution in [-0.4, -0.2) is 12.6 Å². The minimum absolute atomic E-state index is 0.0570. The average Bonchev–Trinajstić information content (AvgIpc) is 2.26. The van der Waals surface area contributed by atoms with Crippen LogP contribution in [0.25, 0.3) is 0 Å². The normalized spacial score (nSPS) is 20.4. The van der Waals surface area contributed by atoms with E-state index in [0.717, 1.165) is 25.7 Å². The maximum atomic E-state index is 11.9. The molecule has 0 aliphatic heterocycles. The molecule has 0 N–H and O–H groups in total. The van der Waals surface area contributed by atoms with Crippen LogP contribution in [0.5, 0.6) is 0 Å². The van der Waals surface area contributed by atoms with Crippen molar-refractivity contribution in [2.45, 2.75) is 58.8 Å². The fraction of sp³-hybridized carbons (Fsp3) is 0.917. The standard InChI is InChI=1S/C12H22O2/c1-3-10-14-11(13)12(4-2)8-6-5-7-9-12/h3-10H2,1-2H3. The molecule has 2 nitrogen and oxygen atoms in total. The predicted molar refractivity (Wildman–Crippen MR) is 57.1 cm³/mol. The number of hydrogen-bond donors (Lipinski definition) is 0. The summed E-state index contributed by atoms with van der Waals surface area (Å²) in [6, 6.07) is 0. The Morgan fingerprint density at radius 1 is 1.21 bits per heavy atom. The molecule has 0 aromatic carbocycles. The molecule has 0 radical (unpaired) electrons. The summed E-state index contributed by atoms with van der Waals surface area (Å²) in [4.78, 5) is 11.9. The highest BCUT2D eigenvalue weighted by molar-refractivity contribution is 5.76. The van der Waals surface area contributed by atoms with Gasteiger partial charge in [-0.1, -0.05) is 33.1 Å². The smallest absolute Gasteiger partial charge is 0.312 e. The highest BCUT2D eigenvalue weighted by atomic mass is 16.5. The predicted octanol–water partition coefficient (Wildman–Crippen LogP) is 3.30. The second-order valence-corrected chi connectivity index (χ2v) is 4.33. The summed E-state index contributed by atoms with van der Waals surface area (Å²) < 4.78 is 5.29. The third kappa shape index (κ3) is 2.49. The van der Waals surface area contributed by atoms with Crippen LogP contribution < -0.4 is 0 Å². The van der Waals surface area contributed by atoms with E-state index >= 15 is 0 Å². The van der Waals surface area contributed by atoms with Gasteiger partial charge in [-0.3, -0.25) is 4.79 Å². The lowest BCUT2D eigenvalue weighted by atomic mass is 9.72. The Hall–Kier alpha value is -0.530. The van der Waals surface area contributed by atoms with Crippen LogP contribution in [0.1, 0.15) is 58.8 Å². The van der Waals surface area contributed by atoms with Crippen molar-refractivity contribution in [1.82, 2.24) is 0 Å². The minimum atomic E-state index is -0.132. The lowest BCUT2D eigenvalue weighted by Crippen LogP contribution is -2.34. The van der Waals surface area contributed by atoms with E-state index in [1.807, 2.05) is 6.92 Å². The Morgan fingerprint density at radius 2 is 1.86 bits per heavy atom. The number of carbonyl (C=O) groups excluding carboxylic acids is 1. The largest absolute Gasteiger partial charge is 0.465 e. The quantitative estimate of drug-likeness (QED) is 0.648. The van der Waals surface area contributed by atoms with Crippen molar-refractivity contribution in [3.8, 4) is 0 Å². The number of ether oxygens (including phenoxy) is 1. The molecule has 14 heavy (non-hydrogen) atoms. The molecular formula is C12H22O2. The second-order valence-electron chi connectivity index (χ2n) is 4.33. The fourth-order valence-electron chi connectivity index (χ4n) is 2.28. The summed E-state index contributed by atoms with van der Waals surface area (Å²) in [5.74, 6) is 0.0570. The first-order chi connectivity index (χ1) is 6.75. The van der Waals surface area contributed by atoms with Gasteiger partial charge in [0.15, 0.2) is 0 Å². The Balaban J connectivity index is 2.53. The highest BCUT2D eigenvalue weighted by Crippen LogP contribution is 2.40. The molecule has 2 heteroatoms. The third-order valence-electron chi connectivity index (χ3n) is 3.36. The van der Waals surface area contributed by atoms with Gasteiger partial charge in [0.25, 0.3) is 0 Å². The number of hydrogen-bond acceptors (Lipinski definition) is 2. The molecule has 82 valence electrons. The van der Waals surface area contributed by atoms with Crippen molar-refractivity contribution >= 4 is 5.97 Å². The van der Waals surface area contributed by atoms with Gasteiger partial charge >= 0.3 is 5.97 Å². The van der Waals surface area contributed by atoms with E-state index < -0.39 is 0 Å². The molecule has 0 unspecified atom stereocenters. The average molecular weight is 198 g/mol. The Bertz CT molecular complexity index is 181. The van der Waals surface area contributed by atoms with Crippen molar-refractivity contribution in [1.29, 1.82) is 0 Å². The van der Waals surface area contributed by atoms with Crippen LogP contribution in [0.2, 0.25) is 0 Å². The van der Waals surface area contributed by atoms with E-state index in [1.54, 1.807) is 0 Å². The number of carbonyl (C=O) groups is 1. The summed E-state index contributed by atoms with van der Waals surface area (Å²) in [6.45, 7) is 4.73. The topological polar surface area (TPSA) is 26.3 Å². The molecule has 0 aromatic heterocycles. The number of rotatable bonds is 4. The molecular weight excluding hydrogens is 176 g/mol. The Labute approximate surface area is 87.0 Å². The molecule has 0 atom stereocenters. The molecule has 0 bridgehead atoms. The van der Waals surface area contributed by atoms with Crippen molar-refractivity contribution in [2.75, 3.05) is 6.61 Å². The van der Waals surface area contributed by atoms with Crippen molar-refractivity contribution < 1.29 is 9.53 Å². The monoisotopic (exact) mass is 198 g/mol. The van der Waals surface area contributed by atoms with Gasteiger partial charge in [-0.15, -0.1) is 0 Å². The van der Waals surface area contributed by atoms with Crippen LogP contribution in [0, 0.1) is 5.41 Å². The van der Waals surface area contributed by atoms with E-state index in [2.05, 4.69) is 6.92 Å². The minimum Gasteiger partial charge on any atom is -0.465 e. The lowest BCUT2D eigenvalue weighted by molar-refractivity contribution is -0.158. The zero-order valence-electron chi connectivity index (χ0n) is 9.47. The van der Waals surface area contributed by atoms with Gasteiger partial charge in [0.05, 0.1) is 12.0 Å². The van der Waals surface area contributed by atoms with E-state index in [-0.39, 0.29) is 11.4 Å². The maximum absolute atomic E-state index is 11.9. The summed E-state index contributed by atoms with van der Waals surface area (Å²) in [5, 5.41) is 0. The van der Waals surface area contributed by atoms with Gasteiger partial charge in [0, 0.05) is 0 Å². The van der Waals surface area contributed by atoms with Crippen LogP contribution in [-0.2, 0) is 9.53 Å².